The van der Waals surface area contributed by atoms with Gasteiger partial charge in [-0.15, -0.1) is 0 Å². The molecule has 0 spiro atoms. The van der Waals surface area contributed by atoms with E-state index in [2.05, 4.69) is 13.8 Å². The first kappa shape index (κ1) is 74.7. The van der Waals surface area contributed by atoms with E-state index in [4.69, 9.17) is 61.6 Å². The Morgan fingerprint density at radius 3 is 1.69 bits per heavy atom. The smallest absolute Gasteiger partial charge is 0.309 e. The first-order valence-corrected chi connectivity index (χ1v) is 33.3. The summed E-state index contributed by atoms with van der Waals surface area (Å²) < 4.78 is 81.9. The van der Waals surface area contributed by atoms with Crippen LogP contribution in [0.2, 0.25) is 0 Å². The van der Waals surface area contributed by atoms with Gasteiger partial charge in [0, 0.05) is 12.8 Å². The van der Waals surface area contributed by atoms with Crippen molar-refractivity contribution in [1.82, 2.24) is 0 Å². The van der Waals surface area contributed by atoms with Crippen molar-refractivity contribution in [1.29, 1.82) is 0 Å². The molecule has 6 heterocycles. The zero-order valence-corrected chi connectivity index (χ0v) is 53.3. The molecule has 0 aromatic carbocycles. The molecule has 9 N–H and O–H groups in total. The first-order valence-electron chi connectivity index (χ1n) is 33.3. The van der Waals surface area contributed by atoms with Gasteiger partial charge in [-0.05, 0) is 59.8 Å². The summed E-state index contributed by atoms with van der Waals surface area (Å²) in [5.74, 6) is -2.87. The lowest BCUT2D eigenvalue weighted by Gasteiger charge is -2.51. The molecular weight excluding hydrogens is 1160 g/mol. The topological polar surface area (TPSA) is 353 Å². The Hall–Kier alpha value is -2.35. The number of esters is 3. The number of aliphatic hydroxyl groups excluding tert-OH is 9. The van der Waals surface area contributed by atoms with E-state index in [-0.39, 0.29) is 18.9 Å². The summed E-state index contributed by atoms with van der Waals surface area (Å²) >= 11 is 0. The monoisotopic (exact) mass is 1270 g/mol. The molecule has 88 heavy (non-hydrogen) atoms. The Balaban J connectivity index is 1.29. The van der Waals surface area contributed by atoms with Gasteiger partial charge in [-0.25, -0.2) is 0 Å². The van der Waals surface area contributed by atoms with E-state index in [1.165, 1.54) is 53.4 Å². The van der Waals surface area contributed by atoms with E-state index in [1.807, 2.05) is 0 Å². The Morgan fingerprint density at radius 2 is 1.03 bits per heavy atom. The van der Waals surface area contributed by atoms with Gasteiger partial charge in [0.2, 0.25) is 0 Å². The van der Waals surface area contributed by atoms with Crippen molar-refractivity contribution in [3.8, 4) is 0 Å². The summed E-state index contributed by atoms with van der Waals surface area (Å²) in [7, 11) is 0. The SMILES string of the molecule is CCCCCCCCCCCC(=O)O[C@@H]1[C@@H](O)[C@@H](O)[C@H](O[C@@H]2[C@@H](O[C@@H]3O[C@@H](C)[C@H](O)[C@@H](O)[C@H]3O)[C@@H](OC(=O)[C@@H](C)CC)[C@H](O[C@@H]3[C@@H](O)[C@H]4OC(=O)CCCCCCCCC[C@H](CCCCC)O[C@@H]5O[C@H](CO)[C@@H](O)[C@H](O)[C@H]5O[C@@H]4O[C@H]3C)O[C@H]2C)O[C@H]1C. The number of carbonyl (C=O) groups excluding carboxylic acids is 3. The van der Waals surface area contributed by atoms with Crippen LogP contribution < -0.4 is 0 Å². The number of fused-ring (bicyclic) bond motifs is 2. The molecule has 6 aliphatic rings. The summed E-state index contributed by atoms with van der Waals surface area (Å²) in [6.45, 7) is 12.9. The summed E-state index contributed by atoms with van der Waals surface area (Å²) in [6, 6.07) is 0. The number of rotatable bonds is 25. The second kappa shape index (κ2) is 37.5. The lowest BCUT2D eigenvalue weighted by atomic mass is 9.95. The number of hydrogen-bond donors (Lipinski definition) is 9. The first-order chi connectivity index (χ1) is 42.1. The van der Waals surface area contributed by atoms with E-state index < -0.39 is 184 Å². The van der Waals surface area contributed by atoms with Crippen LogP contribution in [0.3, 0.4) is 0 Å². The predicted octanol–water partition coefficient (Wildman–Crippen LogP) is 4.30. The Bertz CT molecular complexity index is 2010. The van der Waals surface area contributed by atoms with Gasteiger partial charge in [0.25, 0.3) is 0 Å². The maximum absolute atomic E-state index is 14.1. The van der Waals surface area contributed by atoms with Gasteiger partial charge in [-0.3, -0.25) is 14.4 Å². The van der Waals surface area contributed by atoms with Crippen molar-refractivity contribution < 1.29 is 122 Å². The minimum Gasteiger partial charge on any atom is -0.457 e. The molecule has 6 aliphatic heterocycles. The van der Waals surface area contributed by atoms with Crippen molar-refractivity contribution in [3.05, 3.63) is 0 Å². The molecule has 6 fully saturated rings. The van der Waals surface area contributed by atoms with E-state index in [1.54, 1.807) is 13.8 Å². The second-order valence-corrected chi connectivity index (χ2v) is 25.4. The Morgan fingerprint density at radius 1 is 0.489 bits per heavy atom. The fourth-order valence-electron chi connectivity index (χ4n) is 12.3. The minimum atomic E-state index is -1.92. The quantitative estimate of drug-likeness (QED) is 0.0349. The second-order valence-electron chi connectivity index (χ2n) is 25.4. The zero-order chi connectivity index (χ0) is 64.2. The molecule has 0 unspecified atom stereocenters. The largest absolute Gasteiger partial charge is 0.457 e. The molecule has 0 saturated carbocycles. The Kier molecular flexibility index (Phi) is 31.8. The van der Waals surface area contributed by atoms with Crippen LogP contribution in [-0.4, -0.2) is 230 Å². The van der Waals surface area contributed by atoms with Crippen molar-refractivity contribution in [2.45, 2.75) is 369 Å². The van der Waals surface area contributed by atoms with Crippen LogP contribution in [0.1, 0.15) is 209 Å². The van der Waals surface area contributed by atoms with Crippen LogP contribution in [0.25, 0.3) is 0 Å². The average Bonchev–Trinajstić information content (AvgIpc) is 1.68. The third-order valence-corrected chi connectivity index (χ3v) is 18.2. The normalized spacial score (nSPS) is 41.3. The van der Waals surface area contributed by atoms with Gasteiger partial charge in [0.15, 0.2) is 49.8 Å². The molecule has 27 atom stereocenters. The lowest BCUT2D eigenvalue weighted by molar-refractivity contribution is -0.400. The molecular formula is C63H110O25. The molecule has 0 aliphatic carbocycles. The highest BCUT2D eigenvalue weighted by Crippen LogP contribution is 2.40. The van der Waals surface area contributed by atoms with E-state index in [0.717, 1.165) is 83.5 Å². The van der Waals surface area contributed by atoms with Crippen molar-refractivity contribution in [2.75, 3.05) is 6.61 Å². The van der Waals surface area contributed by atoms with Crippen molar-refractivity contribution in [3.63, 3.8) is 0 Å². The Labute approximate surface area is 519 Å². The number of hydrogen-bond acceptors (Lipinski definition) is 25. The molecule has 0 aromatic rings. The lowest BCUT2D eigenvalue weighted by Crippen LogP contribution is -2.68. The van der Waals surface area contributed by atoms with Gasteiger partial charge < -0.3 is 108 Å². The van der Waals surface area contributed by atoms with Crippen molar-refractivity contribution >= 4 is 17.9 Å². The van der Waals surface area contributed by atoms with Gasteiger partial charge in [-0.2, -0.15) is 0 Å². The van der Waals surface area contributed by atoms with Crippen LogP contribution >= 0.6 is 0 Å². The molecule has 25 heteroatoms. The standard InChI is InChI=1S/C63H110O25/c1-9-12-14-15-16-17-20-23-27-31-41(65)82-51-36(6)77-60(49(73)47(51)71)86-53-38(8)79-63(57(84-58(75)34(4)11-3)56(53)88-59-48(72)45(69)43(67)35(5)76-59)85-52-37(7)78-61-55(50(52)74)83-42(66)32-28-24-21-18-19-22-26-30-39(29-25-13-10-2)80-62-54(87-61)46(70)44(68)40(33-64)81-62/h34-40,43-57,59-64,67-74H,9-33H2,1-8H3/t34-,35-,36-,37-,38-,39-,40+,43-,44+,45+,46-,47-,48+,49+,50+,51-,52-,53-,54+,55+,56+,57+,59-,60-,61-,62+,63-/m0/s1. The average molecular weight is 1270 g/mol. The summed E-state index contributed by atoms with van der Waals surface area (Å²) in [6.07, 6.45) is -20.3. The minimum absolute atomic E-state index is 0.0502. The zero-order valence-electron chi connectivity index (χ0n) is 53.3. The molecule has 0 amide bonds. The molecule has 0 bridgehead atoms. The fraction of sp³-hybridized carbons (Fsp3) is 0.952. The van der Waals surface area contributed by atoms with E-state index >= 15 is 0 Å². The number of ether oxygens (including phenoxy) is 13. The maximum atomic E-state index is 14.1. The highest BCUT2D eigenvalue weighted by atomic mass is 16.8. The third-order valence-electron chi connectivity index (χ3n) is 18.2. The van der Waals surface area contributed by atoms with Crippen LogP contribution in [0, 0.1) is 5.92 Å². The van der Waals surface area contributed by atoms with Crippen LogP contribution in [0.5, 0.6) is 0 Å². The number of aliphatic hydroxyl groups is 9. The van der Waals surface area contributed by atoms with Crippen molar-refractivity contribution in [2.24, 2.45) is 5.92 Å². The summed E-state index contributed by atoms with van der Waals surface area (Å²) in [5.41, 5.74) is 0. The van der Waals surface area contributed by atoms with Gasteiger partial charge in [0.1, 0.15) is 79.4 Å². The molecule has 6 saturated heterocycles. The molecule has 512 valence electrons. The fourth-order valence-corrected chi connectivity index (χ4v) is 12.3. The molecule has 6 rings (SSSR count). The molecule has 25 nitrogen and oxygen atoms in total. The number of carbonyl (C=O) groups is 3. The summed E-state index contributed by atoms with van der Waals surface area (Å²) in [5, 5.41) is 102. The highest BCUT2D eigenvalue weighted by molar-refractivity contribution is 5.72. The van der Waals surface area contributed by atoms with E-state index in [9.17, 15) is 60.3 Å². The summed E-state index contributed by atoms with van der Waals surface area (Å²) in [4.78, 5) is 41.1. The highest BCUT2D eigenvalue weighted by Gasteiger charge is 2.59. The third kappa shape index (κ3) is 20.8. The van der Waals surface area contributed by atoms with Crippen LogP contribution in [-0.2, 0) is 76.0 Å². The molecule has 0 aromatic heterocycles. The van der Waals surface area contributed by atoms with Gasteiger partial charge in [-0.1, -0.05) is 137 Å². The van der Waals surface area contributed by atoms with Gasteiger partial charge >= 0.3 is 17.9 Å². The van der Waals surface area contributed by atoms with E-state index in [0.29, 0.717) is 32.1 Å². The van der Waals surface area contributed by atoms with Gasteiger partial charge in [0.05, 0.1) is 43.0 Å². The van der Waals surface area contributed by atoms with Crippen LogP contribution in [0.15, 0.2) is 0 Å². The van der Waals surface area contributed by atoms with Crippen LogP contribution in [0.4, 0.5) is 0 Å². The predicted molar refractivity (Wildman–Crippen MR) is 312 cm³/mol. The molecule has 0 radical (unpaired) electrons. The maximum Gasteiger partial charge on any atom is 0.309 e. The number of unbranched alkanes of at least 4 members (excludes halogenated alkanes) is 10.